The van der Waals surface area contributed by atoms with Gasteiger partial charge in [0.05, 0.1) is 19.0 Å². The lowest BCUT2D eigenvalue weighted by molar-refractivity contribution is 0.140. The topological polar surface area (TPSA) is 108 Å². The monoisotopic (exact) mass is 388 g/mol. The number of benzene rings is 1. The first-order valence-electron chi connectivity index (χ1n) is 8.64. The smallest absolute Gasteiger partial charge is 0.407 e. The summed E-state index contributed by atoms with van der Waals surface area (Å²) in [7, 11) is 0. The maximum atomic E-state index is 11.9. The Hall–Kier alpha value is -2.87. The molecular formula is C18H21ClN6O2. The molecule has 3 rings (SSSR count). The molecule has 0 radical (unpaired) electrons. The SMILES string of the molecule is C[C@@H](NC(=O)OCCCCn1cnc2c(N)ncnc21)c1cccc(Cl)c1. The molecule has 9 heteroatoms. The van der Waals surface area contributed by atoms with Gasteiger partial charge in [0, 0.05) is 11.6 Å². The third kappa shape index (κ3) is 4.85. The first kappa shape index (κ1) is 18.9. The summed E-state index contributed by atoms with van der Waals surface area (Å²) in [5, 5.41) is 3.43. The number of alkyl carbamates (subject to hydrolysis) is 1. The average Bonchev–Trinajstić information content (AvgIpc) is 3.06. The zero-order valence-electron chi connectivity index (χ0n) is 14.9. The Morgan fingerprint density at radius 1 is 1.33 bits per heavy atom. The van der Waals surface area contributed by atoms with E-state index in [1.165, 1.54) is 6.33 Å². The molecule has 0 unspecified atom stereocenters. The largest absolute Gasteiger partial charge is 0.450 e. The minimum absolute atomic E-state index is 0.182. The van der Waals surface area contributed by atoms with Crippen LogP contribution in [0.1, 0.15) is 31.4 Å². The Morgan fingerprint density at radius 3 is 3.00 bits per heavy atom. The minimum Gasteiger partial charge on any atom is -0.450 e. The number of halogens is 1. The van der Waals surface area contributed by atoms with Crippen molar-refractivity contribution >= 4 is 34.7 Å². The van der Waals surface area contributed by atoms with Crippen LogP contribution in [-0.4, -0.2) is 32.2 Å². The van der Waals surface area contributed by atoms with E-state index in [-0.39, 0.29) is 6.04 Å². The Balaban J connectivity index is 1.39. The number of nitrogens with one attached hydrogen (secondary N) is 1. The molecule has 0 aliphatic heterocycles. The normalized spacial score (nSPS) is 12.1. The molecule has 27 heavy (non-hydrogen) atoms. The molecule has 1 amide bonds. The number of aryl methyl sites for hydroxylation is 1. The van der Waals surface area contributed by atoms with Crippen LogP contribution < -0.4 is 11.1 Å². The average molecular weight is 389 g/mol. The summed E-state index contributed by atoms with van der Waals surface area (Å²) in [5.41, 5.74) is 8.00. The molecule has 0 aliphatic carbocycles. The third-order valence-electron chi connectivity index (χ3n) is 4.14. The van der Waals surface area contributed by atoms with Crippen molar-refractivity contribution in [2.24, 2.45) is 0 Å². The van der Waals surface area contributed by atoms with E-state index >= 15 is 0 Å². The molecule has 3 N–H and O–H groups in total. The van der Waals surface area contributed by atoms with Gasteiger partial charge in [-0.25, -0.2) is 19.7 Å². The van der Waals surface area contributed by atoms with Crippen LogP contribution in [0.2, 0.25) is 5.02 Å². The number of nitrogen functional groups attached to an aromatic ring is 1. The molecular weight excluding hydrogens is 368 g/mol. The van der Waals surface area contributed by atoms with Crippen LogP contribution in [0.5, 0.6) is 0 Å². The van der Waals surface area contributed by atoms with Crippen molar-refractivity contribution in [1.29, 1.82) is 0 Å². The van der Waals surface area contributed by atoms with Crippen LogP contribution in [0.4, 0.5) is 10.6 Å². The van der Waals surface area contributed by atoms with E-state index < -0.39 is 6.09 Å². The summed E-state index contributed by atoms with van der Waals surface area (Å²) in [4.78, 5) is 24.2. The molecule has 0 saturated carbocycles. The van der Waals surface area contributed by atoms with Crippen molar-refractivity contribution in [3.63, 3.8) is 0 Å². The predicted octanol–water partition coefficient (Wildman–Crippen LogP) is 3.33. The third-order valence-corrected chi connectivity index (χ3v) is 4.37. The second kappa shape index (κ2) is 8.68. The van der Waals surface area contributed by atoms with Gasteiger partial charge in [-0.05, 0) is 37.5 Å². The maximum Gasteiger partial charge on any atom is 0.407 e. The van der Waals surface area contributed by atoms with Crippen LogP contribution >= 0.6 is 11.6 Å². The van der Waals surface area contributed by atoms with E-state index in [1.54, 1.807) is 12.4 Å². The highest BCUT2D eigenvalue weighted by Gasteiger charge is 2.11. The molecule has 142 valence electrons. The number of nitrogens with two attached hydrogens (primary N) is 1. The van der Waals surface area contributed by atoms with Gasteiger partial charge in [0.1, 0.15) is 11.8 Å². The number of carbonyl (C=O) groups is 1. The van der Waals surface area contributed by atoms with Crippen LogP contribution in [0.25, 0.3) is 11.2 Å². The lowest BCUT2D eigenvalue weighted by atomic mass is 10.1. The van der Waals surface area contributed by atoms with Crippen molar-refractivity contribution in [2.45, 2.75) is 32.4 Å². The number of aromatic nitrogens is 4. The van der Waals surface area contributed by atoms with Crippen molar-refractivity contribution in [3.8, 4) is 0 Å². The fourth-order valence-electron chi connectivity index (χ4n) is 2.69. The molecule has 0 spiro atoms. The second-order valence-corrected chi connectivity index (χ2v) is 6.57. The number of imidazole rings is 1. The summed E-state index contributed by atoms with van der Waals surface area (Å²) in [6.07, 6.45) is 4.20. The molecule has 8 nitrogen and oxygen atoms in total. The maximum absolute atomic E-state index is 11.9. The summed E-state index contributed by atoms with van der Waals surface area (Å²) in [6.45, 7) is 2.92. The molecule has 1 atom stereocenters. The Labute approximate surface area is 161 Å². The molecule has 1 aromatic carbocycles. The Morgan fingerprint density at radius 2 is 2.19 bits per heavy atom. The number of ether oxygens (including phenoxy) is 1. The highest BCUT2D eigenvalue weighted by Crippen LogP contribution is 2.17. The summed E-state index contributed by atoms with van der Waals surface area (Å²) in [5.74, 6) is 0.368. The molecule has 0 fully saturated rings. The van der Waals surface area contributed by atoms with Gasteiger partial charge in [-0.3, -0.25) is 0 Å². The number of anilines is 1. The lowest BCUT2D eigenvalue weighted by Gasteiger charge is -2.14. The minimum atomic E-state index is -0.448. The highest BCUT2D eigenvalue weighted by atomic mass is 35.5. The predicted molar refractivity (Wildman–Crippen MR) is 103 cm³/mol. The Bertz CT molecular complexity index is 929. The fraction of sp³-hybridized carbons (Fsp3) is 0.333. The van der Waals surface area contributed by atoms with Gasteiger partial charge in [-0.1, -0.05) is 23.7 Å². The van der Waals surface area contributed by atoms with Crippen LogP contribution in [0, 0.1) is 0 Å². The van der Waals surface area contributed by atoms with Crippen molar-refractivity contribution < 1.29 is 9.53 Å². The zero-order chi connectivity index (χ0) is 19.2. The van der Waals surface area contributed by atoms with Gasteiger partial charge in [-0.2, -0.15) is 0 Å². The number of rotatable bonds is 7. The fourth-order valence-corrected chi connectivity index (χ4v) is 2.89. The number of hydrogen-bond donors (Lipinski definition) is 2. The van der Waals surface area contributed by atoms with Crippen molar-refractivity contribution in [2.75, 3.05) is 12.3 Å². The van der Waals surface area contributed by atoms with E-state index in [9.17, 15) is 4.79 Å². The Kier molecular flexibility index (Phi) is 6.08. The number of unbranched alkanes of at least 4 members (excludes halogenated alkanes) is 1. The van der Waals surface area contributed by atoms with E-state index in [0.717, 1.165) is 18.4 Å². The highest BCUT2D eigenvalue weighted by molar-refractivity contribution is 6.30. The van der Waals surface area contributed by atoms with E-state index in [2.05, 4.69) is 20.3 Å². The summed E-state index contributed by atoms with van der Waals surface area (Å²) >= 11 is 5.97. The van der Waals surface area contributed by atoms with Gasteiger partial charge >= 0.3 is 6.09 Å². The van der Waals surface area contributed by atoms with E-state index in [1.807, 2.05) is 29.7 Å². The molecule has 0 bridgehead atoms. The van der Waals surface area contributed by atoms with Gasteiger partial charge in [0.25, 0.3) is 0 Å². The number of hydrogen-bond acceptors (Lipinski definition) is 6. The quantitative estimate of drug-likeness (QED) is 0.601. The number of fused-ring (bicyclic) bond motifs is 1. The first-order chi connectivity index (χ1) is 13.0. The number of nitrogens with zero attached hydrogens (tertiary/aromatic N) is 4. The standard InChI is InChI=1S/C18H21ClN6O2/c1-12(13-5-4-6-14(19)9-13)24-18(26)27-8-3-2-7-25-11-23-15-16(20)21-10-22-17(15)25/h4-6,9-12H,2-3,7-8H2,1H3,(H,24,26)(H2,20,21,22)/t12-/m1/s1. The molecule has 0 aliphatic rings. The molecule has 2 aromatic heterocycles. The van der Waals surface area contributed by atoms with Crippen LogP contribution in [-0.2, 0) is 11.3 Å². The van der Waals surface area contributed by atoms with E-state index in [0.29, 0.717) is 35.2 Å². The number of carbonyl (C=O) groups excluding carboxylic acids is 1. The number of amides is 1. The van der Waals surface area contributed by atoms with Crippen molar-refractivity contribution in [1.82, 2.24) is 24.8 Å². The van der Waals surface area contributed by atoms with E-state index in [4.69, 9.17) is 22.1 Å². The summed E-state index contributed by atoms with van der Waals surface area (Å²) in [6, 6.07) is 7.18. The second-order valence-electron chi connectivity index (χ2n) is 6.13. The van der Waals surface area contributed by atoms with Gasteiger partial charge < -0.3 is 20.4 Å². The molecule has 0 saturated heterocycles. The van der Waals surface area contributed by atoms with Gasteiger partial charge in [0.15, 0.2) is 11.5 Å². The van der Waals surface area contributed by atoms with Crippen LogP contribution in [0.15, 0.2) is 36.9 Å². The zero-order valence-corrected chi connectivity index (χ0v) is 15.7. The molecule has 3 aromatic rings. The van der Waals surface area contributed by atoms with Crippen LogP contribution in [0.3, 0.4) is 0 Å². The first-order valence-corrected chi connectivity index (χ1v) is 9.02. The van der Waals surface area contributed by atoms with Crippen molar-refractivity contribution in [3.05, 3.63) is 47.5 Å². The van der Waals surface area contributed by atoms with Gasteiger partial charge in [-0.15, -0.1) is 0 Å². The summed E-state index contributed by atoms with van der Waals surface area (Å²) < 4.78 is 7.15. The lowest BCUT2D eigenvalue weighted by Crippen LogP contribution is -2.27. The molecule has 2 heterocycles. The van der Waals surface area contributed by atoms with Gasteiger partial charge in [0.2, 0.25) is 0 Å².